The Morgan fingerprint density at radius 2 is 1.69 bits per heavy atom. The fraction of sp³-hybridized carbons (Fsp3) is 0.0800. The number of anilines is 2. The fourth-order valence-corrected chi connectivity index (χ4v) is 4.78. The lowest BCUT2D eigenvalue weighted by Crippen LogP contribution is -2.16. The summed E-state index contributed by atoms with van der Waals surface area (Å²) in [6, 6.07) is 17.2. The van der Waals surface area contributed by atoms with Crippen LogP contribution in [0.15, 0.2) is 71.6 Å². The summed E-state index contributed by atoms with van der Waals surface area (Å²) < 4.78 is 34.2. The Morgan fingerprint density at radius 1 is 1.00 bits per heavy atom. The summed E-state index contributed by atoms with van der Waals surface area (Å²) in [5.74, 6) is -1.32. The molecule has 0 amide bonds. The number of aryl methyl sites for hydroxylation is 2. The van der Waals surface area contributed by atoms with Crippen molar-refractivity contribution in [3.05, 3.63) is 88.4 Å². The molecule has 0 saturated heterocycles. The minimum atomic E-state index is -4.07. The van der Waals surface area contributed by atoms with E-state index in [0.29, 0.717) is 5.69 Å². The molecular weight excluding hydrogens is 504 g/mol. The second-order valence-corrected chi connectivity index (χ2v) is 10.00. The van der Waals surface area contributed by atoms with E-state index in [1.54, 1.807) is 12.1 Å². The number of nitrogens with zero attached hydrogens (tertiary/aromatic N) is 2. The van der Waals surface area contributed by atoms with Crippen LogP contribution in [0.3, 0.4) is 0 Å². The summed E-state index contributed by atoms with van der Waals surface area (Å²) >= 11 is 5.95. The Bertz CT molecular complexity index is 1570. The number of hydrogen-bond donors (Lipinski definition) is 3. The molecule has 9 nitrogen and oxygen atoms in total. The number of nitrogen functional groups attached to an aromatic ring is 1. The zero-order chi connectivity index (χ0) is 26.0. The van der Waals surface area contributed by atoms with Crippen molar-refractivity contribution in [1.29, 1.82) is 0 Å². The van der Waals surface area contributed by atoms with E-state index in [1.165, 1.54) is 36.4 Å². The van der Waals surface area contributed by atoms with E-state index in [2.05, 4.69) is 14.7 Å². The predicted octanol–water partition coefficient (Wildman–Crippen LogP) is 5.29. The molecule has 4 rings (SSSR count). The minimum absolute atomic E-state index is 0.00779. The third-order valence-electron chi connectivity index (χ3n) is 5.22. The Hall–Kier alpha value is -4.15. The topological polar surface area (TPSA) is 144 Å². The number of rotatable bonds is 7. The zero-order valence-corrected chi connectivity index (χ0v) is 20.8. The first-order valence-corrected chi connectivity index (χ1v) is 12.4. The SMILES string of the molecule is Cc1cccc(C)c1-c1cc(Oc2ccc(Cl)c(C(=O)O)c2)nc(NS(=O)(=O)c2cccc(N)c2)n1. The van der Waals surface area contributed by atoms with Gasteiger partial charge in [0.2, 0.25) is 11.8 Å². The van der Waals surface area contributed by atoms with Gasteiger partial charge in [-0.2, -0.15) is 4.98 Å². The number of carboxylic acids is 1. The van der Waals surface area contributed by atoms with Crippen LogP contribution in [0.4, 0.5) is 11.6 Å². The van der Waals surface area contributed by atoms with E-state index in [1.807, 2.05) is 32.0 Å². The van der Waals surface area contributed by atoms with Gasteiger partial charge < -0.3 is 15.6 Å². The van der Waals surface area contributed by atoms with E-state index < -0.39 is 16.0 Å². The summed E-state index contributed by atoms with van der Waals surface area (Å²) in [7, 11) is -4.07. The molecule has 0 unspecified atom stereocenters. The molecule has 4 aromatic rings. The first kappa shape index (κ1) is 25.0. The molecule has 3 aromatic carbocycles. The Balaban J connectivity index is 1.81. The lowest BCUT2D eigenvalue weighted by atomic mass is 10.00. The minimum Gasteiger partial charge on any atom is -0.478 e. The van der Waals surface area contributed by atoms with Crippen molar-refractivity contribution >= 4 is 39.2 Å². The number of nitrogens with two attached hydrogens (primary N) is 1. The number of ether oxygens (including phenoxy) is 1. The fourth-order valence-electron chi connectivity index (χ4n) is 3.58. The number of carbonyl (C=O) groups is 1. The average molecular weight is 525 g/mol. The van der Waals surface area contributed by atoms with Crippen molar-refractivity contribution in [1.82, 2.24) is 9.97 Å². The summed E-state index contributed by atoms with van der Waals surface area (Å²) in [6.45, 7) is 3.81. The van der Waals surface area contributed by atoms with Crippen molar-refractivity contribution in [2.24, 2.45) is 0 Å². The lowest BCUT2D eigenvalue weighted by molar-refractivity contribution is 0.0696. The van der Waals surface area contributed by atoms with Crippen molar-refractivity contribution < 1.29 is 23.1 Å². The highest BCUT2D eigenvalue weighted by Gasteiger charge is 2.19. The van der Waals surface area contributed by atoms with Crippen LogP contribution >= 0.6 is 11.6 Å². The van der Waals surface area contributed by atoms with Gasteiger partial charge in [-0.15, -0.1) is 0 Å². The van der Waals surface area contributed by atoms with Crippen molar-refractivity contribution in [3.63, 3.8) is 0 Å². The number of hydrogen-bond acceptors (Lipinski definition) is 7. The molecule has 0 bridgehead atoms. The second kappa shape index (κ2) is 9.84. The maximum absolute atomic E-state index is 13.0. The highest BCUT2D eigenvalue weighted by molar-refractivity contribution is 7.92. The third kappa shape index (κ3) is 5.40. The summed E-state index contributed by atoms with van der Waals surface area (Å²) in [4.78, 5) is 20.0. The van der Waals surface area contributed by atoms with Crippen molar-refractivity contribution in [2.45, 2.75) is 18.7 Å². The number of aromatic nitrogens is 2. The van der Waals surface area contributed by atoms with Gasteiger partial charge in [0.1, 0.15) is 5.75 Å². The molecule has 0 aliphatic heterocycles. The number of sulfonamides is 1. The van der Waals surface area contributed by atoms with E-state index >= 15 is 0 Å². The normalized spacial score (nSPS) is 11.2. The maximum Gasteiger partial charge on any atom is 0.337 e. The molecule has 0 aliphatic carbocycles. The Labute approximate surface area is 212 Å². The van der Waals surface area contributed by atoms with Gasteiger partial charge in [0, 0.05) is 17.3 Å². The molecule has 0 fully saturated rings. The number of aromatic carboxylic acids is 1. The van der Waals surface area contributed by atoms with Crippen LogP contribution in [-0.4, -0.2) is 29.5 Å². The summed E-state index contributed by atoms with van der Waals surface area (Å²) in [5, 5.41) is 9.40. The third-order valence-corrected chi connectivity index (χ3v) is 6.88. The van der Waals surface area contributed by atoms with Crippen LogP contribution in [0.25, 0.3) is 11.3 Å². The molecular formula is C25H21ClN4O5S. The van der Waals surface area contributed by atoms with Gasteiger partial charge in [-0.3, -0.25) is 0 Å². The number of benzene rings is 3. The number of halogens is 1. The predicted molar refractivity (Wildman–Crippen MR) is 137 cm³/mol. The molecule has 1 heterocycles. The molecule has 0 saturated carbocycles. The highest BCUT2D eigenvalue weighted by atomic mass is 35.5. The van der Waals surface area contributed by atoms with E-state index in [0.717, 1.165) is 16.7 Å². The van der Waals surface area contributed by atoms with Crippen LogP contribution in [-0.2, 0) is 10.0 Å². The van der Waals surface area contributed by atoms with Crippen molar-refractivity contribution in [2.75, 3.05) is 10.5 Å². The van der Waals surface area contributed by atoms with E-state index in [-0.39, 0.29) is 38.7 Å². The molecule has 0 aliphatic rings. The Kier molecular flexibility index (Phi) is 6.82. The summed E-state index contributed by atoms with van der Waals surface area (Å²) in [6.07, 6.45) is 0. The monoisotopic (exact) mass is 524 g/mol. The van der Waals surface area contributed by atoms with Gasteiger partial charge in [0.05, 0.1) is 21.2 Å². The first-order valence-electron chi connectivity index (χ1n) is 10.6. The van der Waals surface area contributed by atoms with Gasteiger partial charge in [-0.1, -0.05) is 35.9 Å². The van der Waals surface area contributed by atoms with Crippen LogP contribution in [0, 0.1) is 13.8 Å². The van der Waals surface area contributed by atoms with Crippen molar-refractivity contribution in [3.8, 4) is 22.9 Å². The molecule has 4 N–H and O–H groups in total. The smallest absolute Gasteiger partial charge is 0.337 e. The molecule has 184 valence electrons. The van der Waals surface area contributed by atoms with Gasteiger partial charge >= 0.3 is 5.97 Å². The lowest BCUT2D eigenvalue weighted by Gasteiger charge is -2.14. The maximum atomic E-state index is 13.0. The van der Waals surface area contributed by atoms with Gasteiger partial charge in [-0.25, -0.2) is 22.9 Å². The molecule has 0 atom stereocenters. The zero-order valence-electron chi connectivity index (χ0n) is 19.2. The van der Waals surface area contributed by atoms with E-state index in [4.69, 9.17) is 22.1 Å². The molecule has 0 spiro atoms. The number of nitrogens with one attached hydrogen (secondary N) is 1. The second-order valence-electron chi connectivity index (χ2n) is 7.91. The standard InChI is InChI=1S/C25H21ClN4O5S/c1-14-5-3-6-15(2)23(14)21-13-22(35-17-9-10-20(26)19(12-17)24(31)32)29-25(28-21)30-36(33,34)18-8-4-7-16(27)11-18/h3-13H,27H2,1-2H3,(H,31,32)(H,28,29,30). The molecule has 0 radical (unpaired) electrons. The van der Waals surface area contributed by atoms with Crippen LogP contribution in [0.5, 0.6) is 11.6 Å². The van der Waals surface area contributed by atoms with Gasteiger partial charge in [0.25, 0.3) is 10.0 Å². The Morgan fingerprint density at radius 3 is 2.36 bits per heavy atom. The van der Waals surface area contributed by atoms with Gasteiger partial charge in [-0.05, 0) is 61.4 Å². The van der Waals surface area contributed by atoms with Crippen LogP contribution in [0.2, 0.25) is 5.02 Å². The quantitative estimate of drug-likeness (QED) is 0.277. The molecule has 36 heavy (non-hydrogen) atoms. The number of carboxylic acid groups (broad SMARTS) is 1. The molecule has 11 heteroatoms. The first-order chi connectivity index (χ1) is 17.0. The van der Waals surface area contributed by atoms with Crippen LogP contribution in [0.1, 0.15) is 21.5 Å². The van der Waals surface area contributed by atoms with Crippen LogP contribution < -0.4 is 15.2 Å². The average Bonchev–Trinajstić information content (AvgIpc) is 2.80. The molecule has 1 aromatic heterocycles. The highest BCUT2D eigenvalue weighted by Crippen LogP contribution is 2.32. The summed E-state index contributed by atoms with van der Waals surface area (Å²) in [5.41, 5.74) is 8.87. The van der Waals surface area contributed by atoms with Gasteiger partial charge in [0.15, 0.2) is 0 Å². The largest absolute Gasteiger partial charge is 0.478 e. The van der Waals surface area contributed by atoms with E-state index in [9.17, 15) is 18.3 Å².